The van der Waals surface area contributed by atoms with Crippen molar-refractivity contribution in [3.05, 3.63) is 55.7 Å². The first-order valence-corrected chi connectivity index (χ1v) is 10.9. The average molecular weight is 454 g/mol. The van der Waals surface area contributed by atoms with Gasteiger partial charge in [0, 0.05) is 33.8 Å². The number of fused-ring (bicyclic) bond motifs is 2. The maximum absolute atomic E-state index is 11.6. The predicted octanol–water partition coefficient (Wildman–Crippen LogP) is 1.47. The highest BCUT2D eigenvalue weighted by molar-refractivity contribution is 7.12. The third-order valence-electron chi connectivity index (χ3n) is 5.69. The van der Waals surface area contributed by atoms with Gasteiger partial charge in [0.15, 0.2) is 0 Å². The predicted molar refractivity (Wildman–Crippen MR) is 111 cm³/mol. The Labute approximate surface area is 183 Å². The first-order chi connectivity index (χ1) is 14.2. The standard InChI is InChI=1S/C21H24ClNO6S/c1-10-18(25)19(26)20(27)21(29-10)15-6-11(16(22)7-12(15)9-28-21)5-13-3-4-14(30-13)8-17(24)23-2/h3-4,6-7,10,18-20,25-27H,5,8-9H2,1-2H3,(H,23,24)/t10-,18-,19+,20-,21+/m1/s1. The molecule has 4 rings (SSSR count). The van der Waals surface area contributed by atoms with Crippen LogP contribution in [0.25, 0.3) is 0 Å². The van der Waals surface area contributed by atoms with E-state index in [1.165, 1.54) is 11.3 Å². The summed E-state index contributed by atoms with van der Waals surface area (Å²) in [5.74, 6) is -1.59. The van der Waals surface area contributed by atoms with Gasteiger partial charge in [0.05, 0.1) is 19.1 Å². The molecule has 2 aliphatic rings. The van der Waals surface area contributed by atoms with Crippen LogP contribution in [-0.4, -0.2) is 52.7 Å². The molecular formula is C21H24ClNO6S. The van der Waals surface area contributed by atoms with E-state index >= 15 is 0 Å². The zero-order valence-corrected chi connectivity index (χ0v) is 18.2. The van der Waals surface area contributed by atoms with Crippen molar-refractivity contribution in [3.8, 4) is 0 Å². The average Bonchev–Trinajstić information content (AvgIpc) is 3.30. The number of aliphatic hydroxyl groups excluding tert-OH is 3. The van der Waals surface area contributed by atoms with Gasteiger partial charge < -0.3 is 30.1 Å². The van der Waals surface area contributed by atoms with Crippen LogP contribution >= 0.6 is 22.9 Å². The Morgan fingerprint density at radius 3 is 2.73 bits per heavy atom. The molecule has 0 aliphatic carbocycles. The number of aliphatic hydroxyl groups is 3. The highest BCUT2D eigenvalue weighted by atomic mass is 35.5. The first-order valence-electron chi connectivity index (χ1n) is 9.71. The fourth-order valence-electron chi connectivity index (χ4n) is 4.00. The molecule has 5 atom stereocenters. The van der Waals surface area contributed by atoms with Crippen molar-refractivity contribution in [2.75, 3.05) is 7.05 Å². The number of carbonyl (C=O) groups is 1. The lowest BCUT2D eigenvalue weighted by molar-refractivity contribution is -0.362. The molecule has 2 aromatic rings. The second-order valence-corrected chi connectivity index (χ2v) is 9.36. The zero-order chi connectivity index (χ0) is 21.6. The lowest BCUT2D eigenvalue weighted by Crippen LogP contribution is -2.62. The van der Waals surface area contributed by atoms with Gasteiger partial charge in [-0.3, -0.25) is 4.79 Å². The van der Waals surface area contributed by atoms with Crippen LogP contribution in [0.3, 0.4) is 0 Å². The Balaban J connectivity index is 1.64. The molecule has 0 radical (unpaired) electrons. The van der Waals surface area contributed by atoms with Crippen molar-refractivity contribution < 1.29 is 29.6 Å². The molecule has 7 nitrogen and oxygen atoms in total. The van der Waals surface area contributed by atoms with Crippen molar-refractivity contribution in [1.29, 1.82) is 0 Å². The second kappa shape index (κ2) is 8.20. The van der Waals surface area contributed by atoms with E-state index in [0.29, 0.717) is 23.4 Å². The second-order valence-electron chi connectivity index (χ2n) is 7.70. The Hall–Kier alpha value is -1.52. The molecule has 1 fully saturated rings. The fourth-order valence-corrected chi connectivity index (χ4v) is 5.29. The zero-order valence-electron chi connectivity index (χ0n) is 16.6. The minimum atomic E-state index is -1.55. The Morgan fingerprint density at radius 2 is 2.00 bits per heavy atom. The van der Waals surface area contributed by atoms with Crippen molar-refractivity contribution in [2.24, 2.45) is 0 Å². The first kappa shape index (κ1) is 21.7. The number of nitrogens with one attached hydrogen (secondary N) is 1. The Bertz CT molecular complexity index is 965. The molecule has 162 valence electrons. The molecule has 1 saturated heterocycles. The molecule has 3 heterocycles. The van der Waals surface area contributed by atoms with E-state index in [1.54, 1.807) is 20.0 Å². The van der Waals surface area contributed by atoms with Crippen molar-refractivity contribution >= 4 is 28.8 Å². The van der Waals surface area contributed by atoms with Gasteiger partial charge in [0.25, 0.3) is 0 Å². The van der Waals surface area contributed by atoms with Gasteiger partial charge in [-0.25, -0.2) is 0 Å². The van der Waals surface area contributed by atoms with Crippen LogP contribution in [0.4, 0.5) is 0 Å². The molecule has 0 saturated carbocycles. The highest BCUT2D eigenvalue weighted by Gasteiger charge is 2.57. The van der Waals surface area contributed by atoms with Gasteiger partial charge in [-0.2, -0.15) is 0 Å². The van der Waals surface area contributed by atoms with Gasteiger partial charge in [-0.15, -0.1) is 11.3 Å². The topological polar surface area (TPSA) is 108 Å². The number of benzene rings is 1. The SMILES string of the molecule is CNC(=O)Cc1ccc(Cc2cc3c(cc2Cl)CO[C@]32O[C@H](C)[C@@H](O)[C@H](O)[C@H]2O)s1. The van der Waals surface area contributed by atoms with E-state index in [-0.39, 0.29) is 12.5 Å². The summed E-state index contributed by atoms with van der Waals surface area (Å²) in [6.07, 6.45) is -3.91. The van der Waals surface area contributed by atoms with E-state index < -0.39 is 30.2 Å². The van der Waals surface area contributed by atoms with E-state index in [4.69, 9.17) is 21.1 Å². The van der Waals surface area contributed by atoms with Crippen LogP contribution in [0, 0.1) is 0 Å². The number of ether oxygens (including phenoxy) is 2. The maximum atomic E-state index is 11.6. The van der Waals surface area contributed by atoms with Crippen LogP contribution in [0.1, 0.15) is 33.4 Å². The summed E-state index contributed by atoms with van der Waals surface area (Å²) in [5, 5.41) is 34.2. The molecule has 1 aromatic carbocycles. The minimum Gasteiger partial charge on any atom is -0.388 e. The van der Waals surface area contributed by atoms with E-state index in [1.807, 2.05) is 18.2 Å². The quantitative estimate of drug-likeness (QED) is 0.558. The molecule has 1 aromatic heterocycles. The lowest BCUT2D eigenvalue weighted by Gasteiger charge is -2.45. The van der Waals surface area contributed by atoms with Crippen molar-refractivity contribution in [1.82, 2.24) is 5.32 Å². The van der Waals surface area contributed by atoms with Crippen LogP contribution in [0.15, 0.2) is 24.3 Å². The Morgan fingerprint density at radius 1 is 1.27 bits per heavy atom. The largest absolute Gasteiger partial charge is 0.388 e. The number of rotatable bonds is 4. The Kier molecular flexibility index (Phi) is 5.93. The number of hydrogen-bond donors (Lipinski definition) is 4. The summed E-state index contributed by atoms with van der Waals surface area (Å²) in [5.41, 5.74) is 2.19. The molecule has 1 spiro atoms. The summed E-state index contributed by atoms with van der Waals surface area (Å²) >= 11 is 8.05. The summed E-state index contributed by atoms with van der Waals surface area (Å²) in [6.45, 7) is 1.80. The molecule has 0 bridgehead atoms. The molecule has 9 heteroatoms. The van der Waals surface area contributed by atoms with Crippen LogP contribution in [-0.2, 0) is 39.5 Å². The van der Waals surface area contributed by atoms with E-state index in [0.717, 1.165) is 20.9 Å². The van der Waals surface area contributed by atoms with Gasteiger partial charge in [0.2, 0.25) is 11.7 Å². The highest BCUT2D eigenvalue weighted by Crippen LogP contribution is 2.47. The summed E-state index contributed by atoms with van der Waals surface area (Å²) in [7, 11) is 1.61. The fraction of sp³-hybridized carbons (Fsp3) is 0.476. The number of thiophene rings is 1. The molecule has 0 unspecified atom stereocenters. The third kappa shape index (κ3) is 3.67. The summed E-state index contributed by atoms with van der Waals surface area (Å²) in [4.78, 5) is 13.6. The summed E-state index contributed by atoms with van der Waals surface area (Å²) < 4.78 is 11.7. The van der Waals surface area contributed by atoms with Crippen molar-refractivity contribution in [3.63, 3.8) is 0 Å². The number of hydrogen-bond acceptors (Lipinski definition) is 7. The third-order valence-corrected chi connectivity index (χ3v) is 7.13. The van der Waals surface area contributed by atoms with E-state index in [9.17, 15) is 20.1 Å². The van der Waals surface area contributed by atoms with Crippen LogP contribution in [0.5, 0.6) is 0 Å². The molecule has 1 amide bonds. The smallest absolute Gasteiger partial charge is 0.225 e. The van der Waals surface area contributed by atoms with Gasteiger partial charge in [0.1, 0.15) is 18.3 Å². The molecule has 30 heavy (non-hydrogen) atoms. The molecule has 2 aliphatic heterocycles. The number of likely N-dealkylation sites (N-methyl/N-ethyl adjacent to an activating group) is 1. The van der Waals surface area contributed by atoms with Gasteiger partial charge >= 0.3 is 0 Å². The number of amides is 1. The van der Waals surface area contributed by atoms with Crippen LogP contribution in [0.2, 0.25) is 5.02 Å². The van der Waals surface area contributed by atoms with Crippen LogP contribution < -0.4 is 5.32 Å². The van der Waals surface area contributed by atoms with Gasteiger partial charge in [-0.1, -0.05) is 11.6 Å². The maximum Gasteiger partial charge on any atom is 0.225 e. The number of halogens is 1. The molecule has 4 N–H and O–H groups in total. The monoisotopic (exact) mass is 453 g/mol. The normalized spacial score (nSPS) is 30.5. The minimum absolute atomic E-state index is 0.0450. The van der Waals surface area contributed by atoms with Crippen molar-refractivity contribution in [2.45, 2.75) is 56.6 Å². The number of carbonyl (C=O) groups excluding carboxylic acids is 1. The van der Waals surface area contributed by atoms with Gasteiger partial charge in [-0.05, 0) is 42.3 Å². The summed E-state index contributed by atoms with van der Waals surface area (Å²) in [6, 6.07) is 7.52. The van der Waals surface area contributed by atoms with E-state index in [2.05, 4.69) is 5.32 Å². The lowest BCUT2D eigenvalue weighted by atomic mass is 9.87. The molecular weight excluding hydrogens is 430 g/mol.